The molecular weight excluding hydrogens is 735 g/mol. The first kappa shape index (κ1) is 38.8. The Morgan fingerprint density at radius 2 is 1.84 bits per heavy atom. The van der Waals surface area contributed by atoms with Crippen LogP contribution in [-0.4, -0.2) is 89.6 Å². The summed E-state index contributed by atoms with van der Waals surface area (Å²) in [5.41, 5.74) is 2.34. The number of hydrogen-bond donors (Lipinski definition) is 3. The van der Waals surface area contributed by atoms with Crippen LogP contribution in [0.15, 0.2) is 72.9 Å². The Labute approximate surface area is 327 Å². The molecule has 1 aliphatic heterocycles. The van der Waals surface area contributed by atoms with E-state index in [1.807, 2.05) is 84.6 Å². The van der Waals surface area contributed by atoms with Crippen LogP contribution in [0.5, 0.6) is 11.5 Å². The second-order valence-corrected chi connectivity index (χ2v) is 17.5. The van der Waals surface area contributed by atoms with E-state index in [1.54, 1.807) is 21.1 Å². The van der Waals surface area contributed by atoms with Gasteiger partial charge in [-0.3, -0.25) is 19.0 Å². The summed E-state index contributed by atoms with van der Waals surface area (Å²) < 4.78 is 41.3. The zero-order valence-electron chi connectivity index (χ0n) is 32.2. The maximum atomic E-state index is 14.1. The van der Waals surface area contributed by atoms with Gasteiger partial charge in [0.05, 0.1) is 36.2 Å². The van der Waals surface area contributed by atoms with E-state index in [0.29, 0.717) is 54.3 Å². The number of rotatable bonds is 11. The number of aryl methyl sites for hydroxylation is 1. The van der Waals surface area contributed by atoms with E-state index < -0.39 is 50.1 Å². The number of pyridine rings is 1. The Morgan fingerprint density at radius 3 is 2.59 bits per heavy atom. The van der Waals surface area contributed by atoms with E-state index in [4.69, 9.17) is 19.6 Å². The van der Waals surface area contributed by atoms with Gasteiger partial charge in [-0.2, -0.15) is 5.10 Å². The van der Waals surface area contributed by atoms with Gasteiger partial charge in [-0.15, -0.1) is 0 Å². The van der Waals surface area contributed by atoms with Gasteiger partial charge in [0, 0.05) is 49.1 Å². The van der Waals surface area contributed by atoms with Crippen LogP contribution in [0.1, 0.15) is 63.0 Å². The van der Waals surface area contributed by atoms with E-state index in [0.717, 1.165) is 35.8 Å². The highest BCUT2D eigenvalue weighted by Crippen LogP contribution is 2.47. The van der Waals surface area contributed by atoms with E-state index in [9.17, 15) is 22.8 Å². The van der Waals surface area contributed by atoms with Crippen molar-refractivity contribution in [1.82, 2.24) is 35.0 Å². The van der Waals surface area contributed by atoms with Crippen molar-refractivity contribution < 1.29 is 32.3 Å². The quantitative estimate of drug-likeness (QED) is 0.180. The normalized spacial score (nSPS) is 22.9. The second-order valence-electron chi connectivity index (χ2n) is 15.3. The predicted octanol–water partition coefficient (Wildman–Crippen LogP) is 4.86. The maximum Gasteiger partial charge on any atom is 0.317 e. The third-order valence-corrected chi connectivity index (χ3v) is 13.3. The molecule has 7 rings (SSSR count). The minimum absolute atomic E-state index is 0.00339. The van der Waals surface area contributed by atoms with Gasteiger partial charge >= 0.3 is 6.03 Å². The number of methoxy groups -OCH3 is 1. The fraction of sp³-hybridized carbons (Fsp3) is 0.439. The fourth-order valence-corrected chi connectivity index (χ4v) is 8.38. The third-order valence-electron chi connectivity index (χ3n) is 11.2. The highest BCUT2D eigenvalue weighted by atomic mass is 32.2. The van der Waals surface area contributed by atoms with Crippen LogP contribution in [0.2, 0.25) is 0 Å². The van der Waals surface area contributed by atoms with Crippen molar-refractivity contribution >= 4 is 38.8 Å². The predicted molar refractivity (Wildman–Crippen MR) is 212 cm³/mol. The Hall–Kier alpha value is -5.44. The molecule has 14 nitrogen and oxygen atoms in total. The van der Waals surface area contributed by atoms with Gasteiger partial charge in [-0.05, 0) is 76.1 Å². The zero-order chi connectivity index (χ0) is 39.7. The van der Waals surface area contributed by atoms with E-state index >= 15 is 0 Å². The van der Waals surface area contributed by atoms with Crippen molar-refractivity contribution in [3.8, 4) is 22.9 Å². The Bertz CT molecular complexity index is 2270. The summed E-state index contributed by atoms with van der Waals surface area (Å²) in [6, 6.07) is 15.9. The van der Waals surface area contributed by atoms with Crippen molar-refractivity contribution in [2.24, 2.45) is 5.92 Å². The van der Waals surface area contributed by atoms with Crippen LogP contribution >= 0.6 is 0 Å². The molecule has 3 N–H and O–H groups in total. The van der Waals surface area contributed by atoms with E-state index in [-0.39, 0.29) is 19.4 Å². The molecule has 4 amide bonds. The van der Waals surface area contributed by atoms with E-state index in [1.165, 1.54) is 4.90 Å². The highest BCUT2D eigenvalue weighted by molar-refractivity contribution is 7.91. The van der Waals surface area contributed by atoms with Crippen LogP contribution in [0.25, 0.3) is 22.3 Å². The summed E-state index contributed by atoms with van der Waals surface area (Å²) in [5.74, 6) is -0.619. The van der Waals surface area contributed by atoms with Crippen molar-refractivity contribution in [2.45, 2.75) is 81.7 Å². The van der Waals surface area contributed by atoms with Crippen LogP contribution in [-0.2, 0) is 26.2 Å². The number of benzene rings is 2. The monoisotopic (exact) mass is 783 g/mol. The average molecular weight is 784 g/mol. The average Bonchev–Trinajstić information content (AvgIpc) is 4.05. The minimum atomic E-state index is -3.95. The van der Waals surface area contributed by atoms with Crippen LogP contribution in [0.3, 0.4) is 0 Å². The summed E-state index contributed by atoms with van der Waals surface area (Å²) in [7, 11) is -0.684. The number of hydrogen-bond acceptors (Lipinski definition) is 9. The van der Waals surface area contributed by atoms with Crippen LogP contribution in [0, 0.1) is 12.8 Å². The largest absolute Gasteiger partial charge is 0.496 e. The molecule has 0 saturated heterocycles. The number of carbonyl (C=O) groups excluding carboxylic acids is 3. The van der Waals surface area contributed by atoms with Gasteiger partial charge in [0.15, 0.2) is 0 Å². The summed E-state index contributed by atoms with van der Waals surface area (Å²) in [4.78, 5) is 47.7. The number of sulfonamides is 1. The summed E-state index contributed by atoms with van der Waals surface area (Å²) >= 11 is 0. The molecule has 4 aromatic rings. The van der Waals surface area contributed by atoms with Gasteiger partial charge in [0.2, 0.25) is 15.9 Å². The molecule has 15 heteroatoms. The molecule has 56 heavy (non-hydrogen) atoms. The number of fused-ring (bicyclic) bond motifs is 2. The first-order chi connectivity index (χ1) is 26.8. The molecule has 2 saturated carbocycles. The summed E-state index contributed by atoms with van der Waals surface area (Å²) in [6.45, 7) is 4.61. The number of urea groups is 1. The number of carbonyl (C=O) groups is 3. The number of amides is 4. The fourth-order valence-electron chi connectivity index (χ4n) is 7.07. The van der Waals surface area contributed by atoms with Crippen LogP contribution in [0.4, 0.5) is 4.79 Å². The molecular formula is C41H49N7O7S. The minimum Gasteiger partial charge on any atom is -0.496 e. The van der Waals surface area contributed by atoms with Crippen molar-refractivity contribution in [3.63, 3.8) is 0 Å². The van der Waals surface area contributed by atoms with Gasteiger partial charge in [0.1, 0.15) is 28.8 Å². The van der Waals surface area contributed by atoms with Gasteiger partial charge in [-0.25, -0.2) is 18.2 Å². The summed E-state index contributed by atoms with van der Waals surface area (Å²) in [5, 5.41) is 11.2. The zero-order valence-corrected chi connectivity index (χ0v) is 33.0. The lowest BCUT2D eigenvalue weighted by Crippen LogP contribution is -2.58. The van der Waals surface area contributed by atoms with Gasteiger partial charge < -0.3 is 25.0 Å². The Morgan fingerprint density at radius 1 is 1.05 bits per heavy atom. The third kappa shape index (κ3) is 8.08. The molecule has 3 aliphatic rings. The standard InChI is InChI=1S/C41H49N7O7S/c1-27-34(54-4)16-15-30-35(24-33(42-36(27)30)31-17-22-48(45-31)26-28-12-8-7-9-13-28)55-23-18-32-37(49)44-41(38(50)46-56(52,53)40(2)19-20-40)25-29(41)14-10-5-6-11-21-47(3)39(51)43-32/h7-10,12-17,22,24,29,32H,5-6,11,18-21,23,25-26H2,1-4H3,(H,43,51)(H,44,49)(H,46,50)/b14-10-/t29?,32?,41-/m1/s1. The molecule has 0 radical (unpaired) electrons. The lowest BCUT2D eigenvalue weighted by molar-refractivity contribution is -0.130. The molecule has 2 fully saturated rings. The topological polar surface area (TPSA) is 174 Å². The number of aromatic nitrogens is 3. The van der Waals surface area contributed by atoms with E-state index in [2.05, 4.69) is 15.4 Å². The lowest BCUT2D eigenvalue weighted by atomic mass is 10.1. The van der Waals surface area contributed by atoms with Gasteiger partial charge in [-0.1, -0.05) is 42.5 Å². The SMILES string of the molecule is COc1ccc2c(OCCC3NC(=O)N(C)CCCC/C=C\C4C[C@@]4(C(=O)NS(=O)(=O)C4(C)CC4)NC3=O)cc(-c3ccn(Cc4ccccc4)n3)nc2c1C. The number of ether oxygens (including phenoxy) is 2. The van der Waals surface area contributed by atoms with Crippen molar-refractivity contribution in [3.05, 3.63) is 84.1 Å². The smallest absolute Gasteiger partial charge is 0.317 e. The first-order valence-electron chi connectivity index (χ1n) is 19.1. The summed E-state index contributed by atoms with van der Waals surface area (Å²) in [6.07, 6.45) is 9.21. The molecule has 0 spiro atoms. The molecule has 2 aromatic heterocycles. The number of allylic oxidation sites excluding steroid dienone is 1. The molecule has 296 valence electrons. The van der Waals surface area contributed by atoms with Crippen LogP contribution < -0.4 is 24.8 Å². The van der Waals surface area contributed by atoms with Gasteiger partial charge in [0.25, 0.3) is 5.91 Å². The maximum absolute atomic E-state index is 14.1. The number of nitrogens with zero attached hydrogens (tertiary/aromatic N) is 4. The second kappa shape index (κ2) is 15.6. The molecule has 3 atom stereocenters. The number of nitrogens with one attached hydrogen (secondary N) is 3. The highest BCUT2D eigenvalue weighted by Gasteiger charge is 2.62. The van der Waals surface area contributed by atoms with Crippen molar-refractivity contribution in [1.29, 1.82) is 0 Å². The molecule has 2 aromatic carbocycles. The molecule has 3 heterocycles. The first-order valence-corrected chi connectivity index (χ1v) is 20.6. The Balaban J connectivity index is 1.14. The molecule has 2 aliphatic carbocycles. The van der Waals surface area contributed by atoms with Crippen molar-refractivity contribution in [2.75, 3.05) is 27.3 Å². The molecule has 0 bridgehead atoms. The Kier molecular flexibility index (Phi) is 10.8. The molecule has 2 unspecified atom stereocenters. The lowest BCUT2D eigenvalue weighted by Gasteiger charge is -2.26.